The summed E-state index contributed by atoms with van der Waals surface area (Å²) in [6.45, 7) is 12.3. The molecule has 0 radical (unpaired) electrons. The molecule has 3 aliphatic rings. The molecule has 2 saturated carbocycles. The Bertz CT molecular complexity index is 469. The molecule has 4 unspecified atom stereocenters. The van der Waals surface area contributed by atoms with Crippen molar-refractivity contribution < 1.29 is 4.79 Å². The fourth-order valence-corrected chi connectivity index (χ4v) is 4.39. The summed E-state index contributed by atoms with van der Waals surface area (Å²) in [5, 5.41) is 0. The standard InChI is InChI=1S/C20H33NO/c1-13-6-9-17(14(2)10-13)18-11-16(18)12-21(20(3,4)5)19(22)15-7-8-15/h6,14-18H,7-12H2,1-5H3. The highest BCUT2D eigenvalue weighted by Gasteiger charge is 2.48. The Kier molecular flexibility index (Phi) is 4.16. The molecule has 0 aromatic heterocycles. The smallest absolute Gasteiger partial charge is 0.226 e. The lowest BCUT2D eigenvalue weighted by atomic mass is 9.78. The third kappa shape index (κ3) is 3.41. The Morgan fingerprint density at radius 1 is 1.27 bits per heavy atom. The predicted molar refractivity (Wildman–Crippen MR) is 91.4 cm³/mol. The van der Waals surface area contributed by atoms with Crippen LogP contribution in [-0.2, 0) is 4.79 Å². The summed E-state index contributed by atoms with van der Waals surface area (Å²) in [5.74, 6) is 4.05. The number of nitrogens with zero attached hydrogens (tertiary/aromatic N) is 1. The summed E-state index contributed by atoms with van der Waals surface area (Å²) in [6.07, 6.45) is 8.56. The minimum Gasteiger partial charge on any atom is -0.337 e. The highest BCUT2D eigenvalue weighted by Crippen LogP contribution is 2.51. The van der Waals surface area contributed by atoms with Crippen molar-refractivity contribution in [1.82, 2.24) is 4.90 Å². The second-order valence-electron chi connectivity index (χ2n) is 9.19. The molecule has 4 atom stereocenters. The van der Waals surface area contributed by atoms with E-state index in [9.17, 15) is 4.79 Å². The lowest BCUT2D eigenvalue weighted by molar-refractivity contribution is -0.137. The number of hydrogen-bond acceptors (Lipinski definition) is 1. The van der Waals surface area contributed by atoms with Gasteiger partial charge in [-0.3, -0.25) is 4.79 Å². The van der Waals surface area contributed by atoms with E-state index in [1.165, 1.54) is 19.3 Å². The normalized spacial score (nSPS) is 35.0. The molecule has 0 N–H and O–H groups in total. The minimum absolute atomic E-state index is 0.0263. The van der Waals surface area contributed by atoms with Gasteiger partial charge < -0.3 is 4.90 Å². The highest BCUT2D eigenvalue weighted by atomic mass is 16.2. The zero-order valence-electron chi connectivity index (χ0n) is 15.1. The number of rotatable bonds is 4. The number of allylic oxidation sites excluding steroid dienone is 2. The van der Waals surface area contributed by atoms with Gasteiger partial charge in [0.2, 0.25) is 5.91 Å². The Labute approximate surface area is 136 Å². The van der Waals surface area contributed by atoms with Crippen molar-refractivity contribution in [3.8, 4) is 0 Å². The quantitative estimate of drug-likeness (QED) is 0.692. The lowest BCUT2D eigenvalue weighted by Crippen LogP contribution is -2.47. The second-order valence-corrected chi connectivity index (χ2v) is 9.19. The van der Waals surface area contributed by atoms with Crippen molar-refractivity contribution >= 4 is 5.91 Å². The van der Waals surface area contributed by atoms with E-state index >= 15 is 0 Å². The van der Waals surface area contributed by atoms with Crippen molar-refractivity contribution in [2.45, 2.75) is 72.3 Å². The number of carbonyl (C=O) groups is 1. The van der Waals surface area contributed by atoms with Crippen LogP contribution in [0.25, 0.3) is 0 Å². The van der Waals surface area contributed by atoms with Gasteiger partial charge in [0.15, 0.2) is 0 Å². The molecule has 124 valence electrons. The van der Waals surface area contributed by atoms with Crippen LogP contribution in [0.1, 0.15) is 66.7 Å². The van der Waals surface area contributed by atoms with E-state index in [4.69, 9.17) is 0 Å². The van der Waals surface area contributed by atoms with Gasteiger partial charge in [-0.25, -0.2) is 0 Å². The van der Waals surface area contributed by atoms with E-state index in [2.05, 4.69) is 45.6 Å². The van der Waals surface area contributed by atoms with E-state index in [1.807, 2.05) is 0 Å². The summed E-state index contributed by atoms with van der Waals surface area (Å²) >= 11 is 0. The molecule has 2 heteroatoms. The SMILES string of the molecule is CC1=CCC(C2CC2CN(C(=O)C2CC2)C(C)(C)C)C(C)C1. The van der Waals surface area contributed by atoms with E-state index in [-0.39, 0.29) is 5.54 Å². The lowest BCUT2D eigenvalue weighted by Gasteiger charge is -2.37. The number of amides is 1. The largest absolute Gasteiger partial charge is 0.337 e. The molecule has 0 spiro atoms. The Hall–Kier alpha value is -0.790. The molecule has 0 aromatic rings. The molecule has 0 heterocycles. The zero-order valence-corrected chi connectivity index (χ0v) is 15.1. The molecular weight excluding hydrogens is 270 g/mol. The molecule has 3 rings (SSSR count). The molecule has 1 amide bonds. The van der Waals surface area contributed by atoms with Gasteiger partial charge in [-0.2, -0.15) is 0 Å². The van der Waals surface area contributed by atoms with Gasteiger partial charge in [0.05, 0.1) is 0 Å². The molecular formula is C20H33NO. The molecule has 0 saturated heterocycles. The Morgan fingerprint density at radius 2 is 1.95 bits per heavy atom. The minimum atomic E-state index is -0.0263. The van der Waals surface area contributed by atoms with E-state index in [0.717, 1.165) is 43.1 Å². The van der Waals surface area contributed by atoms with Crippen LogP contribution in [0.4, 0.5) is 0 Å². The fourth-order valence-electron chi connectivity index (χ4n) is 4.39. The molecule has 0 aromatic carbocycles. The van der Waals surface area contributed by atoms with Gasteiger partial charge in [-0.05, 0) is 83.5 Å². The van der Waals surface area contributed by atoms with Gasteiger partial charge in [0.1, 0.15) is 0 Å². The molecule has 0 bridgehead atoms. The summed E-state index contributed by atoms with van der Waals surface area (Å²) in [7, 11) is 0. The maximum absolute atomic E-state index is 12.6. The summed E-state index contributed by atoms with van der Waals surface area (Å²) < 4.78 is 0. The van der Waals surface area contributed by atoms with Crippen LogP contribution in [-0.4, -0.2) is 22.9 Å². The first-order valence-corrected chi connectivity index (χ1v) is 9.24. The Morgan fingerprint density at radius 3 is 2.50 bits per heavy atom. The van der Waals surface area contributed by atoms with Crippen LogP contribution in [0.2, 0.25) is 0 Å². The summed E-state index contributed by atoms with van der Waals surface area (Å²) in [6, 6.07) is 0. The van der Waals surface area contributed by atoms with Crippen LogP contribution >= 0.6 is 0 Å². The van der Waals surface area contributed by atoms with Gasteiger partial charge >= 0.3 is 0 Å². The van der Waals surface area contributed by atoms with Crippen molar-refractivity contribution in [2.75, 3.05) is 6.54 Å². The third-order valence-corrected chi connectivity index (χ3v) is 6.06. The average molecular weight is 303 g/mol. The van der Waals surface area contributed by atoms with Crippen molar-refractivity contribution in [2.24, 2.45) is 29.6 Å². The van der Waals surface area contributed by atoms with Crippen molar-refractivity contribution in [3.05, 3.63) is 11.6 Å². The molecule has 22 heavy (non-hydrogen) atoms. The van der Waals surface area contributed by atoms with E-state index in [1.54, 1.807) is 5.57 Å². The van der Waals surface area contributed by atoms with Gasteiger partial charge in [-0.15, -0.1) is 0 Å². The molecule has 3 aliphatic carbocycles. The first-order chi connectivity index (χ1) is 10.3. The van der Waals surface area contributed by atoms with Gasteiger partial charge in [0.25, 0.3) is 0 Å². The predicted octanol–water partition coefficient (Wildman–Crippen LogP) is 4.65. The molecule has 2 nitrogen and oxygen atoms in total. The van der Waals surface area contributed by atoms with Crippen LogP contribution in [0, 0.1) is 29.6 Å². The van der Waals surface area contributed by atoms with Crippen LogP contribution in [0.3, 0.4) is 0 Å². The molecule has 0 aliphatic heterocycles. The monoisotopic (exact) mass is 303 g/mol. The van der Waals surface area contributed by atoms with Crippen LogP contribution < -0.4 is 0 Å². The zero-order chi connectivity index (χ0) is 16.1. The first-order valence-electron chi connectivity index (χ1n) is 9.24. The van der Waals surface area contributed by atoms with Crippen LogP contribution in [0.15, 0.2) is 11.6 Å². The maximum atomic E-state index is 12.6. The molecule has 2 fully saturated rings. The third-order valence-electron chi connectivity index (χ3n) is 6.06. The van der Waals surface area contributed by atoms with Gasteiger partial charge in [-0.1, -0.05) is 18.6 Å². The fraction of sp³-hybridized carbons (Fsp3) is 0.850. The van der Waals surface area contributed by atoms with Gasteiger partial charge in [0, 0.05) is 18.0 Å². The summed E-state index contributed by atoms with van der Waals surface area (Å²) in [4.78, 5) is 14.8. The van der Waals surface area contributed by atoms with Crippen LogP contribution in [0.5, 0.6) is 0 Å². The topological polar surface area (TPSA) is 20.3 Å². The highest BCUT2D eigenvalue weighted by molar-refractivity contribution is 5.81. The van der Waals surface area contributed by atoms with E-state index in [0.29, 0.717) is 11.8 Å². The number of hydrogen-bond donors (Lipinski definition) is 0. The first kappa shape index (κ1) is 16.1. The van der Waals surface area contributed by atoms with Crippen molar-refractivity contribution in [3.63, 3.8) is 0 Å². The van der Waals surface area contributed by atoms with Crippen molar-refractivity contribution in [1.29, 1.82) is 0 Å². The van der Waals surface area contributed by atoms with E-state index < -0.39 is 0 Å². The number of carbonyl (C=O) groups excluding carboxylic acids is 1. The maximum Gasteiger partial charge on any atom is 0.226 e. The summed E-state index contributed by atoms with van der Waals surface area (Å²) in [5.41, 5.74) is 1.54. The average Bonchev–Trinajstić information content (AvgIpc) is 3.28. The Balaban J connectivity index is 1.60. The second kappa shape index (κ2) is 5.69.